The van der Waals surface area contributed by atoms with Gasteiger partial charge in [-0.25, -0.2) is 9.29 Å². The van der Waals surface area contributed by atoms with Crippen LogP contribution in [0.3, 0.4) is 0 Å². The first-order valence-corrected chi connectivity index (χ1v) is 10.1. The van der Waals surface area contributed by atoms with Crippen LogP contribution in [0.25, 0.3) is 5.57 Å². The van der Waals surface area contributed by atoms with Crippen molar-refractivity contribution in [3.8, 4) is 0 Å². The number of carbonyl (C=O) groups is 2. The largest absolute Gasteiger partial charge is 0.350 e. The number of halogens is 2. The van der Waals surface area contributed by atoms with Crippen LogP contribution in [0.5, 0.6) is 0 Å². The summed E-state index contributed by atoms with van der Waals surface area (Å²) in [6, 6.07) is 13.2. The van der Waals surface area contributed by atoms with Crippen LogP contribution in [0.2, 0.25) is 5.02 Å². The summed E-state index contributed by atoms with van der Waals surface area (Å²) < 4.78 is 13.6. The molecule has 0 saturated heterocycles. The molecular formula is C22H16ClFN2O2S. The Morgan fingerprint density at radius 2 is 1.72 bits per heavy atom. The number of nitrogens with one attached hydrogen (secondary N) is 1. The first kappa shape index (κ1) is 19.4. The van der Waals surface area contributed by atoms with Gasteiger partial charge in [0.05, 0.1) is 16.3 Å². The first-order chi connectivity index (χ1) is 13.8. The highest BCUT2D eigenvalue weighted by Crippen LogP contribution is 2.36. The summed E-state index contributed by atoms with van der Waals surface area (Å²) in [5.74, 6) is -1.61. The number of carbonyl (C=O) groups excluding carboxylic acids is 2. The van der Waals surface area contributed by atoms with Crippen LogP contribution in [0.1, 0.15) is 16.0 Å². The molecule has 1 aliphatic rings. The summed E-state index contributed by atoms with van der Waals surface area (Å²) in [4.78, 5) is 28.2. The zero-order chi connectivity index (χ0) is 20.7. The summed E-state index contributed by atoms with van der Waals surface area (Å²) >= 11 is 7.24. The molecule has 0 bridgehead atoms. The van der Waals surface area contributed by atoms with Crippen LogP contribution in [0.4, 0.5) is 15.8 Å². The van der Waals surface area contributed by atoms with Gasteiger partial charge < -0.3 is 5.32 Å². The van der Waals surface area contributed by atoms with Gasteiger partial charge in [0.1, 0.15) is 11.5 Å². The fourth-order valence-electron chi connectivity index (χ4n) is 3.34. The van der Waals surface area contributed by atoms with Crippen molar-refractivity contribution in [2.45, 2.75) is 13.8 Å². The van der Waals surface area contributed by atoms with Crippen LogP contribution in [-0.4, -0.2) is 11.8 Å². The third-order valence-electron chi connectivity index (χ3n) is 4.50. The molecule has 2 amide bonds. The molecule has 4 nitrogen and oxygen atoms in total. The Labute approximate surface area is 176 Å². The molecule has 4 rings (SSSR count). The minimum Gasteiger partial charge on any atom is -0.350 e. The van der Waals surface area contributed by atoms with Crippen LogP contribution in [-0.2, 0) is 9.59 Å². The van der Waals surface area contributed by atoms with Gasteiger partial charge >= 0.3 is 0 Å². The molecule has 3 aromatic rings. The number of thiophene rings is 1. The smallest absolute Gasteiger partial charge is 0.282 e. The maximum absolute atomic E-state index is 13.6. The Morgan fingerprint density at radius 1 is 1.00 bits per heavy atom. The van der Waals surface area contributed by atoms with E-state index >= 15 is 0 Å². The summed E-state index contributed by atoms with van der Waals surface area (Å²) in [6.07, 6.45) is 0. The predicted octanol–water partition coefficient (Wildman–Crippen LogP) is 5.55. The van der Waals surface area contributed by atoms with Gasteiger partial charge in [-0.15, -0.1) is 11.3 Å². The number of hydrogen-bond donors (Lipinski definition) is 1. The lowest BCUT2D eigenvalue weighted by atomic mass is 10.1. The quantitative estimate of drug-likeness (QED) is 0.556. The molecule has 1 N–H and O–H groups in total. The van der Waals surface area contributed by atoms with E-state index in [2.05, 4.69) is 5.32 Å². The standard InChI is InChI=1S/C22H16ClFN2O2S/c1-12-8-13(2)10-14(9-12)25-20-19(18-4-3-7-29-18)21(27)26(22(20)28)15-5-6-17(24)16(23)11-15/h3-11,25H,1-2H3. The first-order valence-electron chi connectivity index (χ1n) is 8.82. The highest BCUT2D eigenvalue weighted by molar-refractivity contribution is 7.11. The maximum atomic E-state index is 13.6. The van der Waals surface area contributed by atoms with Crippen molar-refractivity contribution in [2.75, 3.05) is 10.2 Å². The average molecular weight is 427 g/mol. The van der Waals surface area contributed by atoms with E-state index in [4.69, 9.17) is 11.6 Å². The molecule has 0 atom stereocenters. The van der Waals surface area contributed by atoms with Crippen molar-refractivity contribution in [1.29, 1.82) is 0 Å². The lowest BCUT2D eigenvalue weighted by Gasteiger charge is -2.16. The van der Waals surface area contributed by atoms with Gasteiger partial charge in [0, 0.05) is 10.6 Å². The predicted molar refractivity (Wildman–Crippen MR) is 115 cm³/mol. The zero-order valence-corrected chi connectivity index (χ0v) is 17.2. The number of imide groups is 1. The molecule has 2 aromatic carbocycles. The van der Waals surface area contributed by atoms with Gasteiger partial charge in [-0.1, -0.05) is 23.7 Å². The van der Waals surface area contributed by atoms with Crippen LogP contribution < -0.4 is 10.2 Å². The van der Waals surface area contributed by atoms with Gasteiger partial charge in [-0.05, 0) is 66.8 Å². The number of benzene rings is 2. The van der Waals surface area contributed by atoms with Gasteiger partial charge in [0.2, 0.25) is 0 Å². The highest BCUT2D eigenvalue weighted by Gasteiger charge is 2.40. The molecule has 146 valence electrons. The normalized spacial score (nSPS) is 14.1. The third-order valence-corrected chi connectivity index (χ3v) is 5.68. The van der Waals surface area contributed by atoms with Gasteiger partial charge in [-0.3, -0.25) is 9.59 Å². The molecule has 0 radical (unpaired) electrons. The van der Waals surface area contributed by atoms with Crippen molar-refractivity contribution >= 4 is 51.7 Å². The van der Waals surface area contributed by atoms with Gasteiger partial charge in [0.25, 0.3) is 11.8 Å². The Balaban J connectivity index is 1.81. The van der Waals surface area contributed by atoms with E-state index in [1.807, 2.05) is 43.5 Å². The summed E-state index contributed by atoms with van der Waals surface area (Å²) in [7, 11) is 0. The lowest BCUT2D eigenvalue weighted by molar-refractivity contribution is -0.120. The molecular weight excluding hydrogens is 411 g/mol. The van der Waals surface area contributed by atoms with Gasteiger partial charge in [0.15, 0.2) is 0 Å². The summed E-state index contributed by atoms with van der Waals surface area (Å²) in [5, 5.41) is 4.82. The van der Waals surface area contributed by atoms with E-state index in [1.165, 1.54) is 23.5 Å². The molecule has 2 heterocycles. The number of rotatable bonds is 4. The van der Waals surface area contributed by atoms with Crippen molar-refractivity contribution in [3.05, 3.63) is 86.5 Å². The summed E-state index contributed by atoms with van der Waals surface area (Å²) in [5.41, 5.74) is 3.46. The van der Waals surface area contributed by atoms with Crippen LogP contribution in [0, 0.1) is 19.7 Å². The highest BCUT2D eigenvalue weighted by atomic mass is 35.5. The zero-order valence-electron chi connectivity index (χ0n) is 15.6. The fourth-order valence-corrected chi connectivity index (χ4v) is 4.29. The van der Waals surface area contributed by atoms with E-state index in [9.17, 15) is 14.0 Å². The third kappa shape index (κ3) is 3.57. The molecule has 0 spiro atoms. The summed E-state index contributed by atoms with van der Waals surface area (Å²) in [6.45, 7) is 3.92. The number of aryl methyl sites for hydroxylation is 2. The SMILES string of the molecule is Cc1cc(C)cc(NC2=C(c3cccs3)C(=O)N(c3ccc(F)c(Cl)c3)C2=O)c1. The molecule has 29 heavy (non-hydrogen) atoms. The van der Waals surface area contributed by atoms with Gasteiger partial charge in [-0.2, -0.15) is 0 Å². The minimum absolute atomic E-state index is 0.156. The van der Waals surface area contributed by atoms with E-state index in [1.54, 1.807) is 6.07 Å². The number of hydrogen-bond acceptors (Lipinski definition) is 4. The fraction of sp³-hybridized carbons (Fsp3) is 0.0909. The molecule has 1 aliphatic heterocycles. The van der Waals surface area contributed by atoms with Crippen LogP contribution >= 0.6 is 22.9 Å². The molecule has 1 aromatic heterocycles. The van der Waals surface area contributed by atoms with E-state index in [0.717, 1.165) is 22.1 Å². The Morgan fingerprint density at radius 3 is 2.34 bits per heavy atom. The number of nitrogens with zero attached hydrogens (tertiary/aromatic N) is 1. The van der Waals surface area contributed by atoms with Crippen molar-refractivity contribution in [1.82, 2.24) is 0 Å². The second-order valence-electron chi connectivity index (χ2n) is 6.77. The van der Waals surface area contributed by atoms with Crippen molar-refractivity contribution in [2.24, 2.45) is 0 Å². The second kappa shape index (κ2) is 7.46. The molecule has 0 fully saturated rings. The monoisotopic (exact) mass is 426 g/mol. The lowest BCUT2D eigenvalue weighted by Crippen LogP contribution is -2.32. The average Bonchev–Trinajstić information content (AvgIpc) is 3.24. The Bertz CT molecular complexity index is 1150. The maximum Gasteiger partial charge on any atom is 0.282 e. The molecule has 7 heteroatoms. The van der Waals surface area contributed by atoms with E-state index in [0.29, 0.717) is 10.6 Å². The number of amides is 2. The molecule has 0 saturated carbocycles. The van der Waals surface area contributed by atoms with Crippen molar-refractivity contribution < 1.29 is 14.0 Å². The van der Waals surface area contributed by atoms with Crippen LogP contribution in [0.15, 0.2) is 59.6 Å². The topological polar surface area (TPSA) is 49.4 Å². The molecule has 0 aliphatic carbocycles. The van der Waals surface area contributed by atoms with Crippen molar-refractivity contribution in [3.63, 3.8) is 0 Å². The van der Waals surface area contributed by atoms with E-state index in [-0.39, 0.29) is 22.0 Å². The minimum atomic E-state index is -0.616. The van der Waals surface area contributed by atoms with E-state index < -0.39 is 17.6 Å². The molecule has 0 unspecified atom stereocenters. The Kier molecular flexibility index (Phi) is 4.98. The second-order valence-corrected chi connectivity index (χ2v) is 8.13. The number of anilines is 2. The Hall–Kier alpha value is -2.96.